The van der Waals surface area contributed by atoms with Crippen molar-refractivity contribution in [1.29, 1.82) is 21.0 Å². The van der Waals surface area contributed by atoms with E-state index in [0.717, 1.165) is 250 Å². The normalized spacial score (nSPS) is 19.0. The number of carbonyl (C=O) groups is 4. The second-order valence-corrected chi connectivity index (χ2v) is 37.7. The van der Waals surface area contributed by atoms with Gasteiger partial charge in [-0.05, 0) is 246 Å². The lowest BCUT2D eigenvalue weighted by atomic mass is 9.86. The lowest BCUT2D eigenvalue weighted by Gasteiger charge is -2.39. The Hall–Kier alpha value is -12.3. The van der Waals surface area contributed by atoms with Gasteiger partial charge in [0.05, 0.1) is 44.3 Å². The molecule has 134 heavy (non-hydrogen) atoms. The van der Waals surface area contributed by atoms with Crippen molar-refractivity contribution in [3.63, 3.8) is 0 Å². The van der Waals surface area contributed by atoms with Gasteiger partial charge in [0.1, 0.15) is 66.2 Å². The van der Waals surface area contributed by atoms with E-state index in [9.17, 15) is 44.6 Å². The van der Waals surface area contributed by atoms with Crippen LogP contribution in [0.5, 0.6) is 17.2 Å². The molecule has 0 saturated carbocycles. The molecule has 0 spiro atoms. The number of nitriles is 4. The number of Topliss-reactive ketones (excluding diaryl/α,β-unsaturated/α-hetero) is 4. The third-order valence-corrected chi connectivity index (χ3v) is 28.7. The van der Waals surface area contributed by atoms with Gasteiger partial charge in [-0.1, -0.05) is 126 Å². The number of aromatic nitrogens is 4. The zero-order valence-corrected chi connectivity index (χ0v) is 78.7. The summed E-state index contributed by atoms with van der Waals surface area (Å²) in [6.45, 7) is 21.1. The highest BCUT2D eigenvalue weighted by Gasteiger charge is 2.42. The lowest BCUT2D eigenvalue weighted by molar-refractivity contribution is 0.0481. The van der Waals surface area contributed by atoms with Gasteiger partial charge in [-0.2, -0.15) is 21.0 Å². The molecule has 10 heterocycles. The molecule has 0 N–H and O–H groups in total. The summed E-state index contributed by atoms with van der Waals surface area (Å²) < 4.78 is 40.0. The SMILES string of the molecule is CC(=O)c1cn(CCCN2C3CCC2CC(CCc2ccccc2)C3)c2c(C#N)cccc12.CC(=O)c1cn(CCCN2C3CCC2CC(Oc2ccc(F)cc2)C3)c2c(C#N)cccc12.CC(=O)c1cn(CCCN2CCCC(Oc3ccc(Cl)cc3)C2)c2c(C#N)cccc12.CC(=O)c1cn(CCCN2CCN(CCOc3ccc(Cl)c4ccccc34)CC2)c2c(C#N)cccc12. The summed E-state index contributed by atoms with van der Waals surface area (Å²) in [5.41, 5.74) is 10.2. The van der Waals surface area contributed by atoms with Gasteiger partial charge in [0.25, 0.3) is 0 Å². The summed E-state index contributed by atoms with van der Waals surface area (Å²) in [5.74, 6) is 3.22. The number of para-hydroxylation sites is 4. The molecule has 23 heteroatoms. The number of aryl methyl sites for hydroxylation is 5. The van der Waals surface area contributed by atoms with Crippen LogP contribution >= 0.6 is 23.2 Å². The molecule has 0 radical (unpaired) electrons. The van der Waals surface area contributed by atoms with E-state index in [-0.39, 0.29) is 41.2 Å². The Morgan fingerprint density at radius 3 is 1.22 bits per heavy atom. The van der Waals surface area contributed by atoms with Gasteiger partial charge in [0.2, 0.25) is 0 Å². The number of rotatable bonds is 31. The van der Waals surface area contributed by atoms with Crippen molar-refractivity contribution in [1.82, 2.24) is 42.8 Å². The second kappa shape index (κ2) is 44.7. The second-order valence-electron chi connectivity index (χ2n) is 36.9. The smallest absolute Gasteiger partial charge is 0.161 e. The van der Waals surface area contributed by atoms with Crippen molar-refractivity contribution in [3.8, 4) is 41.5 Å². The van der Waals surface area contributed by atoms with Gasteiger partial charge in [-0.15, -0.1) is 0 Å². The van der Waals surface area contributed by atoms with Crippen LogP contribution in [0.15, 0.2) is 213 Å². The highest BCUT2D eigenvalue weighted by atomic mass is 35.5. The van der Waals surface area contributed by atoms with E-state index in [4.69, 9.17) is 37.4 Å². The third-order valence-electron chi connectivity index (χ3n) is 28.1. The number of piperidine rings is 3. The largest absolute Gasteiger partial charge is 0.492 e. The maximum Gasteiger partial charge on any atom is 0.161 e. The molecule has 6 fully saturated rings. The molecule has 9 aromatic carbocycles. The number of hydrogen-bond donors (Lipinski definition) is 0. The Balaban J connectivity index is 0.000000130. The first-order chi connectivity index (χ1) is 65.3. The first-order valence-electron chi connectivity index (χ1n) is 47.8. The van der Waals surface area contributed by atoms with E-state index < -0.39 is 0 Å². The molecule has 5 unspecified atom stereocenters. The number of ether oxygens (including phenoxy) is 3. The van der Waals surface area contributed by atoms with Crippen molar-refractivity contribution >= 4 is 101 Å². The average molecular weight is 1840 g/mol. The van der Waals surface area contributed by atoms with Crippen molar-refractivity contribution in [2.45, 2.75) is 193 Å². The van der Waals surface area contributed by atoms with Crippen LogP contribution in [-0.4, -0.2) is 181 Å². The number of piperazine rings is 1. The van der Waals surface area contributed by atoms with E-state index in [1.165, 1.54) is 69.1 Å². The molecular weight excluding hydrogens is 1720 g/mol. The van der Waals surface area contributed by atoms with E-state index in [2.05, 4.69) is 97.4 Å². The minimum atomic E-state index is -0.245. The molecule has 6 aliphatic rings. The van der Waals surface area contributed by atoms with Gasteiger partial charge in [0, 0.05) is 192 Å². The fourth-order valence-electron chi connectivity index (χ4n) is 21.7. The predicted octanol–water partition coefficient (Wildman–Crippen LogP) is 22.2. The van der Waals surface area contributed by atoms with E-state index >= 15 is 0 Å². The topological polar surface area (TPSA) is 227 Å². The van der Waals surface area contributed by atoms with Crippen LogP contribution in [0.4, 0.5) is 4.39 Å². The van der Waals surface area contributed by atoms with Crippen molar-refractivity contribution in [2.24, 2.45) is 5.92 Å². The zero-order valence-electron chi connectivity index (χ0n) is 77.2. The Bertz CT molecular complexity index is 6500. The molecule has 4 aromatic heterocycles. The number of likely N-dealkylation sites (tertiary alicyclic amines) is 1. The highest BCUT2D eigenvalue weighted by molar-refractivity contribution is 6.35. The molecular formula is C111H118Cl2FN13O7. The Morgan fingerprint density at radius 1 is 0.388 bits per heavy atom. The molecule has 6 aliphatic heterocycles. The first-order valence-corrected chi connectivity index (χ1v) is 48.5. The Morgan fingerprint density at radius 2 is 0.776 bits per heavy atom. The molecule has 0 aliphatic carbocycles. The highest BCUT2D eigenvalue weighted by Crippen LogP contribution is 2.43. The van der Waals surface area contributed by atoms with Gasteiger partial charge >= 0.3 is 0 Å². The predicted molar refractivity (Wildman–Crippen MR) is 529 cm³/mol. The summed E-state index contributed by atoms with van der Waals surface area (Å²) in [7, 11) is 0. The van der Waals surface area contributed by atoms with Crippen molar-refractivity contribution < 1.29 is 37.8 Å². The monoisotopic (exact) mass is 1830 g/mol. The summed E-state index contributed by atoms with van der Waals surface area (Å²) in [5, 5.41) is 45.3. The maximum absolute atomic E-state index is 13.2. The van der Waals surface area contributed by atoms with Gasteiger partial charge in [-0.25, -0.2) is 4.39 Å². The van der Waals surface area contributed by atoms with Crippen LogP contribution in [0.25, 0.3) is 54.4 Å². The van der Waals surface area contributed by atoms with E-state index in [0.29, 0.717) is 62.7 Å². The van der Waals surface area contributed by atoms with Gasteiger partial charge in [-0.3, -0.25) is 38.8 Å². The van der Waals surface area contributed by atoms with Crippen LogP contribution in [-0.2, 0) is 32.6 Å². The number of ketones is 4. The Labute approximate surface area is 795 Å². The molecule has 6 saturated heterocycles. The minimum Gasteiger partial charge on any atom is -0.492 e. The number of carbonyl (C=O) groups excluding carboxylic acids is 4. The molecule has 13 aromatic rings. The zero-order chi connectivity index (χ0) is 93.3. The molecule has 19 rings (SSSR count). The van der Waals surface area contributed by atoms with Crippen LogP contribution in [0.1, 0.15) is 193 Å². The molecule has 4 bridgehead atoms. The molecule has 5 atom stereocenters. The van der Waals surface area contributed by atoms with Gasteiger partial charge in [0.15, 0.2) is 23.1 Å². The number of hydrogen-bond acceptors (Lipinski definition) is 16. The molecule has 690 valence electrons. The van der Waals surface area contributed by atoms with Gasteiger partial charge < -0.3 is 37.4 Å². The van der Waals surface area contributed by atoms with Crippen LogP contribution in [0.3, 0.4) is 0 Å². The van der Waals surface area contributed by atoms with Crippen LogP contribution in [0.2, 0.25) is 10.0 Å². The average Bonchev–Trinajstić information content (AvgIpc) is 1.62. The Kier molecular flexibility index (Phi) is 31.7. The quantitative estimate of drug-likeness (QED) is 0.0368. The van der Waals surface area contributed by atoms with Crippen molar-refractivity contribution in [3.05, 3.63) is 279 Å². The number of fused-ring (bicyclic) bond motifs is 9. The number of halogens is 3. The van der Waals surface area contributed by atoms with E-state index in [1.54, 1.807) is 39.8 Å². The van der Waals surface area contributed by atoms with Crippen LogP contribution < -0.4 is 14.2 Å². The molecule has 0 amide bonds. The summed E-state index contributed by atoms with van der Waals surface area (Å²) in [6.07, 6.45) is 26.3. The summed E-state index contributed by atoms with van der Waals surface area (Å²) in [6, 6.07) is 70.7. The summed E-state index contributed by atoms with van der Waals surface area (Å²) in [4.78, 5) is 61.3. The van der Waals surface area contributed by atoms with E-state index in [1.807, 2.05) is 158 Å². The third kappa shape index (κ3) is 22.7. The molecule has 20 nitrogen and oxygen atoms in total. The number of benzene rings is 9. The fraction of sp³-hybridized carbons (Fsp3) is 0.387. The standard InChI is InChI=1S/C30H31ClN4O2.C29H33N3O.C27H28FN3O2.C25H26ClN3O2/c1-22(36)27-21-35(30-23(20-32)6-4-9-26(27)30)13-5-12-33-14-16-34(17-15-33)18-19-37-29-11-10-28(31)24-7-2-3-8-25(24)29;1-21(33)28-20-31(29-24(19-30)9-5-10-27(28)29)15-6-16-32-25-13-14-26(32)18-23(17-25)12-11-22-7-3-2-4-8-22;1-18(32)26-17-30(27-19(16-29)4-2-5-25(26)27)12-3-13-31-21-8-9-22(31)15-24(14-21)33-23-10-6-20(28)7-11-23;1-18(30)24-17-29(25-19(15-27)5-2-7-23(24)25)14-4-13-28-12-3-6-22(16-28)31-21-10-8-20(26)9-11-21/h2-4,6-11,21H,5,12-19H2,1H3;2-5,7-10,20,23,25-26H,6,11-18H2,1H3;2,4-7,10-11,17,21-22,24H,3,8-9,12-15H2,1H3;2,5,7-11,17,22H,3-4,6,12-14,16H2,1H3. The minimum absolute atomic E-state index is 0.0233. The lowest BCUT2D eigenvalue weighted by Crippen LogP contribution is -2.47. The van der Waals surface area contributed by atoms with Crippen LogP contribution in [0, 0.1) is 57.1 Å². The first kappa shape index (κ1) is 94.9. The maximum atomic E-state index is 13.2. The van der Waals surface area contributed by atoms with Crippen molar-refractivity contribution in [2.75, 3.05) is 78.6 Å². The fourth-order valence-corrected chi connectivity index (χ4v) is 22.1. The number of nitrogens with zero attached hydrogens (tertiary/aromatic N) is 13. The summed E-state index contributed by atoms with van der Waals surface area (Å²) >= 11 is 12.3.